The van der Waals surface area contributed by atoms with Crippen molar-refractivity contribution in [1.29, 1.82) is 0 Å². The second-order valence-corrected chi connectivity index (χ2v) is 2.23. The first-order chi connectivity index (χ1) is 5.88. The third-order valence-corrected chi connectivity index (χ3v) is 1.20. The minimum Gasteiger partial charge on any atom is -0.403 e. The number of ether oxygens (including phenoxy) is 1. The van der Waals surface area contributed by atoms with Crippen molar-refractivity contribution in [1.82, 2.24) is 0 Å². The molecule has 0 unspecified atom stereocenters. The van der Waals surface area contributed by atoms with Crippen LogP contribution in [0.4, 0.5) is 23.2 Å². The number of rotatable bonds is 1. The molecule has 1 rings (SSSR count). The van der Waals surface area contributed by atoms with E-state index in [1.807, 2.05) is 0 Å². The normalized spacial score (nSPS) is 11.4. The van der Waals surface area contributed by atoms with Gasteiger partial charge in [-0.1, -0.05) is 0 Å². The number of halogens is 4. The van der Waals surface area contributed by atoms with Crippen molar-refractivity contribution in [2.24, 2.45) is 0 Å². The molecule has 0 bridgehead atoms. The van der Waals surface area contributed by atoms with Gasteiger partial charge in [0.2, 0.25) is 0 Å². The van der Waals surface area contributed by atoms with Crippen LogP contribution in [-0.4, -0.2) is 6.36 Å². The molecule has 0 saturated heterocycles. The molecule has 1 aromatic rings. The van der Waals surface area contributed by atoms with E-state index in [0.717, 1.165) is 12.1 Å². The number of hydrogen-bond acceptors (Lipinski definition) is 2. The Balaban J connectivity index is 2.94. The molecular weight excluding hydrogens is 190 g/mol. The third kappa shape index (κ3) is 2.81. The lowest BCUT2D eigenvalue weighted by molar-refractivity contribution is -0.274. The maximum Gasteiger partial charge on any atom is 0.573 e. The fourth-order valence-corrected chi connectivity index (χ4v) is 0.721. The summed E-state index contributed by atoms with van der Waals surface area (Å²) in [5.74, 6) is -1.57. The van der Waals surface area contributed by atoms with E-state index in [2.05, 4.69) is 4.74 Å². The summed E-state index contributed by atoms with van der Waals surface area (Å²) in [4.78, 5) is 0. The molecule has 0 aliphatic carbocycles. The Morgan fingerprint density at radius 1 is 1.23 bits per heavy atom. The molecular formula is C7H5F4NO. The van der Waals surface area contributed by atoms with Gasteiger partial charge in [-0.15, -0.1) is 13.2 Å². The van der Waals surface area contributed by atoms with Crippen molar-refractivity contribution in [3.63, 3.8) is 0 Å². The van der Waals surface area contributed by atoms with Gasteiger partial charge in [-0.2, -0.15) is 0 Å². The molecule has 0 aromatic heterocycles. The molecule has 2 N–H and O–H groups in total. The van der Waals surface area contributed by atoms with Crippen LogP contribution in [0.3, 0.4) is 0 Å². The highest BCUT2D eigenvalue weighted by Crippen LogP contribution is 2.28. The zero-order chi connectivity index (χ0) is 10.1. The van der Waals surface area contributed by atoms with Gasteiger partial charge in [0.25, 0.3) is 0 Å². The van der Waals surface area contributed by atoms with Crippen LogP contribution in [-0.2, 0) is 0 Å². The quantitative estimate of drug-likeness (QED) is 0.551. The second kappa shape index (κ2) is 3.12. The molecule has 0 heterocycles. The maximum absolute atomic E-state index is 12.4. The first-order valence-corrected chi connectivity index (χ1v) is 3.19. The van der Waals surface area contributed by atoms with Crippen LogP contribution in [0.1, 0.15) is 0 Å². The summed E-state index contributed by atoms with van der Waals surface area (Å²) < 4.78 is 50.8. The van der Waals surface area contributed by atoms with E-state index in [-0.39, 0.29) is 5.69 Å². The van der Waals surface area contributed by atoms with Crippen molar-refractivity contribution in [2.45, 2.75) is 6.36 Å². The number of hydrogen-bond donors (Lipinski definition) is 1. The van der Waals surface area contributed by atoms with Crippen LogP contribution < -0.4 is 10.5 Å². The fraction of sp³-hybridized carbons (Fsp3) is 0.143. The van der Waals surface area contributed by atoms with Gasteiger partial charge in [-0.3, -0.25) is 0 Å². The average Bonchev–Trinajstić information content (AvgIpc) is 1.94. The van der Waals surface area contributed by atoms with E-state index in [9.17, 15) is 17.6 Å². The molecule has 0 fully saturated rings. The Labute approximate surface area is 70.9 Å². The number of nitrogens with two attached hydrogens (primary N) is 1. The van der Waals surface area contributed by atoms with E-state index in [0.29, 0.717) is 6.07 Å². The molecule has 13 heavy (non-hydrogen) atoms. The van der Waals surface area contributed by atoms with Gasteiger partial charge >= 0.3 is 6.36 Å². The van der Waals surface area contributed by atoms with Crippen LogP contribution >= 0.6 is 0 Å². The molecule has 0 saturated carbocycles. The lowest BCUT2D eigenvalue weighted by atomic mass is 10.3. The number of anilines is 1. The Kier molecular flexibility index (Phi) is 2.31. The van der Waals surface area contributed by atoms with E-state index < -0.39 is 17.9 Å². The molecule has 0 atom stereocenters. The highest BCUT2D eigenvalue weighted by molar-refractivity contribution is 5.52. The van der Waals surface area contributed by atoms with Crippen LogP contribution in [0.2, 0.25) is 0 Å². The summed E-state index contributed by atoms with van der Waals surface area (Å²) >= 11 is 0. The Morgan fingerprint density at radius 2 is 1.85 bits per heavy atom. The maximum atomic E-state index is 12.4. The smallest absolute Gasteiger partial charge is 0.403 e. The topological polar surface area (TPSA) is 35.2 Å². The third-order valence-electron chi connectivity index (χ3n) is 1.20. The summed E-state index contributed by atoms with van der Waals surface area (Å²) in [5, 5.41) is 0. The van der Waals surface area contributed by atoms with Crippen LogP contribution in [0.5, 0.6) is 5.75 Å². The van der Waals surface area contributed by atoms with Gasteiger partial charge in [-0.05, 0) is 12.1 Å². The predicted molar refractivity (Wildman–Crippen MR) is 37.5 cm³/mol. The highest BCUT2D eigenvalue weighted by atomic mass is 19.4. The van der Waals surface area contributed by atoms with Gasteiger partial charge in [0.1, 0.15) is 5.82 Å². The summed E-state index contributed by atoms with van der Waals surface area (Å²) in [5.41, 5.74) is 4.84. The molecule has 1 aromatic carbocycles. The first kappa shape index (κ1) is 9.63. The van der Waals surface area contributed by atoms with Gasteiger partial charge in [-0.25, -0.2) is 4.39 Å². The Hall–Kier alpha value is -1.46. The second-order valence-electron chi connectivity index (χ2n) is 2.23. The van der Waals surface area contributed by atoms with Crippen LogP contribution in [0, 0.1) is 5.82 Å². The SMILES string of the molecule is Nc1ccc(F)cc1OC(F)(F)F. The van der Waals surface area contributed by atoms with Crippen molar-refractivity contribution in [3.05, 3.63) is 24.0 Å². The van der Waals surface area contributed by atoms with E-state index >= 15 is 0 Å². The molecule has 0 spiro atoms. The highest BCUT2D eigenvalue weighted by Gasteiger charge is 2.32. The van der Waals surface area contributed by atoms with Gasteiger partial charge < -0.3 is 10.5 Å². The van der Waals surface area contributed by atoms with Crippen molar-refractivity contribution in [3.8, 4) is 5.75 Å². The zero-order valence-electron chi connectivity index (χ0n) is 6.23. The molecule has 6 heteroatoms. The van der Waals surface area contributed by atoms with Crippen molar-refractivity contribution >= 4 is 5.69 Å². The van der Waals surface area contributed by atoms with E-state index in [1.54, 1.807) is 0 Å². The van der Waals surface area contributed by atoms with Gasteiger partial charge in [0.05, 0.1) is 5.69 Å². The van der Waals surface area contributed by atoms with E-state index in [4.69, 9.17) is 5.73 Å². The Bertz CT molecular complexity index is 310. The number of alkyl halides is 3. The standard InChI is InChI=1S/C7H5F4NO/c8-4-1-2-5(12)6(3-4)13-7(9,10)11/h1-3H,12H2. The predicted octanol–water partition coefficient (Wildman–Crippen LogP) is 2.31. The molecule has 0 aliphatic heterocycles. The van der Waals surface area contributed by atoms with Crippen molar-refractivity contribution in [2.75, 3.05) is 5.73 Å². The number of benzene rings is 1. The molecule has 0 aliphatic rings. The molecule has 0 radical (unpaired) electrons. The minimum absolute atomic E-state index is 0.265. The molecule has 72 valence electrons. The number of nitrogen functional groups attached to an aromatic ring is 1. The largest absolute Gasteiger partial charge is 0.573 e. The molecule has 0 amide bonds. The van der Waals surface area contributed by atoms with Gasteiger partial charge in [0, 0.05) is 6.07 Å². The summed E-state index contributed by atoms with van der Waals surface area (Å²) in [6, 6.07) is 2.51. The zero-order valence-corrected chi connectivity index (χ0v) is 6.23. The fourth-order valence-electron chi connectivity index (χ4n) is 0.721. The van der Waals surface area contributed by atoms with E-state index in [1.165, 1.54) is 0 Å². The minimum atomic E-state index is -4.86. The van der Waals surface area contributed by atoms with Gasteiger partial charge in [0.15, 0.2) is 5.75 Å². The van der Waals surface area contributed by atoms with Crippen LogP contribution in [0.15, 0.2) is 18.2 Å². The van der Waals surface area contributed by atoms with Crippen LogP contribution in [0.25, 0.3) is 0 Å². The first-order valence-electron chi connectivity index (χ1n) is 3.19. The lowest BCUT2D eigenvalue weighted by Gasteiger charge is -2.10. The molecule has 2 nitrogen and oxygen atoms in total. The summed E-state index contributed by atoms with van der Waals surface area (Å²) in [6.07, 6.45) is -4.86. The van der Waals surface area contributed by atoms with Crippen molar-refractivity contribution < 1.29 is 22.3 Å². The lowest BCUT2D eigenvalue weighted by Crippen LogP contribution is -2.18. The summed E-state index contributed by atoms with van der Waals surface area (Å²) in [7, 11) is 0. The summed E-state index contributed by atoms with van der Waals surface area (Å²) in [6.45, 7) is 0. The Morgan fingerprint density at radius 3 is 2.38 bits per heavy atom. The average molecular weight is 195 g/mol. The monoisotopic (exact) mass is 195 g/mol.